The van der Waals surface area contributed by atoms with Gasteiger partial charge in [-0.2, -0.15) is 0 Å². The molecule has 1 heterocycles. The van der Waals surface area contributed by atoms with E-state index in [9.17, 15) is 4.79 Å². The minimum absolute atomic E-state index is 0.0687. The van der Waals surface area contributed by atoms with E-state index in [1.165, 1.54) is 0 Å². The summed E-state index contributed by atoms with van der Waals surface area (Å²) in [6.45, 7) is 4.14. The summed E-state index contributed by atoms with van der Waals surface area (Å²) in [4.78, 5) is 16.2. The fourth-order valence-electron chi connectivity index (χ4n) is 2.25. The summed E-state index contributed by atoms with van der Waals surface area (Å²) < 4.78 is 0. The molecule has 2 aromatic rings. The molecule has 0 aliphatic carbocycles. The smallest absolute Gasteiger partial charge is 0.251 e. The summed E-state index contributed by atoms with van der Waals surface area (Å²) in [5, 5.41) is 14.9. The predicted molar refractivity (Wildman–Crippen MR) is 86.9 cm³/mol. The first-order valence-electron chi connectivity index (χ1n) is 7.28. The van der Waals surface area contributed by atoms with E-state index in [0.29, 0.717) is 5.56 Å². The largest absolute Gasteiger partial charge is 0.395 e. The molecule has 0 spiro atoms. The molecule has 0 saturated carbocycles. The van der Waals surface area contributed by atoms with Crippen molar-refractivity contribution in [3.8, 4) is 0 Å². The zero-order valence-electron chi connectivity index (χ0n) is 12.8. The number of pyridine rings is 1. The van der Waals surface area contributed by atoms with Gasteiger partial charge in [0.05, 0.1) is 12.6 Å². The lowest BCUT2D eigenvalue weighted by Crippen LogP contribution is -2.27. The van der Waals surface area contributed by atoms with Crippen molar-refractivity contribution in [2.45, 2.75) is 19.9 Å². The quantitative estimate of drug-likeness (QED) is 0.765. The van der Waals surface area contributed by atoms with Crippen LogP contribution in [0.1, 0.15) is 34.5 Å². The maximum atomic E-state index is 12.1. The summed E-state index contributed by atoms with van der Waals surface area (Å²) in [7, 11) is 0. The normalized spacial score (nSPS) is 11.8. The minimum Gasteiger partial charge on any atom is -0.395 e. The average Bonchev–Trinajstić information content (AvgIpc) is 2.55. The molecule has 116 valence electrons. The number of aliphatic hydroxyl groups is 1. The van der Waals surface area contributed by atoms with Crippen molar-refractivity contribution >= 4 is 11.6 Å². The van der Waals surface area contributed by atoms with E-state index in [4.69, 9.17) is 5.11 Å². The van der Waals surface area contributed by atoms with Crippen LogP contribution in [0.5, 0.6) is 0 Å². The number of carbonyl (C=O) groups is 1. The molecule has 0 aliphatic rings. The Morgan fingerprint density at radius 3 is 2.82 bits per heavy atom. The average molecular weight is 299 g/mol. The van der Waals surface area contributed by atoms with E-state index in [0.717, 1.165) is 16.8 Å². The Labute approximate surface area is 130 Å². The molecular weight excluding hydrogens is 278 g/mol. The van der Waals surface area contributed by atoms with E-state index >= 15 is 0 Å². The highest BCUT2D eigenvalue weighted by Crippen LogP contribution is 2.24. The minimum atomic E-state index is -0.177. The van der Waals surface area contributed by atoms with E-state index in [-0.39, 0.29) is 25.1 Å². The summed E-state index contributed by atoms with van der Waals surface area (Å²) >= 11 is 0. The summed E-state index contributed by atoms with van der Waals surface area (Å²) in [5.74, 6) is -0.177. The van der Waals surface area contributed by atoms with Crippen LogP contribution in [0.3, 0.4) is 0 Å². The van der Waals surface area contributed by atoms with Crippen molar-refractivity contribution < 1.29 is 9.90 Å². The lowest BCUT2D eigenvalue weighted by atomic mass is 10.0. The first-order valence-corrected chi connectivity index (χ1v) is 7.28. The van der Waals surface area contributed by atoms with Crippen LogP contribution in [0, 0.1) is 6.92 Å². The maximum absolute atomic E-state index is 12.1. The molecule has 3 N–H and O–H groups in total. The molecule has 22 heavy (non-hydrogen) atoms. The Morgan fingerprint density at radius 2 is 2.14 bits per heavy atom. The third-order valence-electron chi connectivity index (χ3n) is 3.53. The van der Waals surface area contributed by atoms with Crippen molar-refractivity contribution in [3.63, 3.8) is 0 Å². The standard InChI is InChI=1S/C17H21N3O2/c1-12-15(17(22)19-9-10-21)6-3-7-16(12)20-13(2)14-5-4-8-18-11-14/h3-8,11,13,20-21H,9-10H2,1-2H3,(H,19,22). The van der Waals surface area contributed by atoms with Gasteiger partial charge in [0, 0.05) is 30.2 Å². The maximum Gasteiger partial charge on any atom is 0.251 e. The first kappa shape index (κ1) is 16.0. The molecule has 0 saturated heterocycles. The number of aliphatic hydroxyl groups excluding tert-OH is 1. The molecule has 1 amide bonds. The van der Waals surface area contributed by atoms with Gasteiger partial charge in [-0.1, -0.05) is 12.1 Å². The van der Waals surface area contributed by atoms with Gasteiger partial charge in [0.1, 0.15) is 0 Å². The molecule has 1 atom stereocenters. The summed E-state index contributed by atoms with van der Waals surface area (Å²) in [6.07, 6.45) is 3.57. The molecular formula is C17H21N3O2. The number of aromatic nitrogens is 1. The van der Waals surface area contributed by atoms with Crippen LogP contribution >= 0.6 is 0 Å². The van der Waals surface area contributed by atoms with Gasteiger partial charge in [-0.05, 0) is 43.2 Å². The Balaban J connectivity index is 2.17. The predicted octanol–water partition coefficient (Wildman–Crippen LogP) is 2.29. The molecule has 5 heteroatoms. The molecule has 0 fully saturated rings. The second-order valence-corrected chi connectivity index (χ2v) is 5.11. The monoisotopic (exact) mass is 299 g/mol. The number of anilines is 1. The summed E-state index contributed by atoms with van der Waals surface area (Å²) in [6, 6.07) is 9.58. The molecule has 1 unspecified atom stereocenters. The van der Waals surface area contributed by atoms with Gasteiger partial charge in [-0.15, -0.1) is 0 Å². The highest BCUT2D eigenvalue weighted by Gasteiger charge is 2.13. The van der Waals surface area contributed by atoms with Crippen molar-refractivity contribution in [3.05, 3.63) is 59.4 Å². The van der Waals surface area contributed by atoms with E-state index in [1.54, 1.807) is 12.3 Å². The van der Waals surface area contributed by atoms with Crippen molar-refractivity contribution in [1.29, 1.82) is 0 Å². The van der Waals surface area contributed by atoms with Gasteiger partial charge in [0.15, 0.2) is 0 Å². The zero-order valence-corrected chi connectivity index (χ0v) is 12.8. The number of hydrogen-bond donors (Lipinski definition) is 3. The molecule has 0 bridgehead atoms. The van der Waals surface area contributed by atoms with Crippen LogP contribution in [0.15, 0.2) is 42.7 Å². The molecule has 0 radical (unpaired) electrons. The fraction of sp³-hybridized carbons (Fsp3) is 0.294. The number of nitrogens with zero attached hydrogens (tertiary/aromatic N) is 1. The highest BCUT2D eigenvalue weighted by atomic mass is 16.3. The lowest BCUT2D eigenvalue weighted by molar-refractivity contribution is 0.0944. The molecule has 1 aromatic carbocycles. The zero-order chi connectivity index (χ0) is 15.9. The van der Waals surface area contributed by atoms with Gasteiger partial charge in [-0.3, -0.25) is 9.78 Å². The van der Waals surface area contributed by atoms with Crippen molar-refractivity contribution in [2.75, 3.05) is 18.5 Å². The SMILES string of the molecule is Cc1c(NC(C)c2cccnc2)cccc1C(=O)NCCO. The van der Waals surface area contributed by atoms with Crippen LogP contribution < -0.4 is 10.6 Å². The molecule has 1 aromatic heterocycles. The number of rotatable bonds is 6. The number of carbonyl (C=O) groups excluding carboxylic acids is 1. The second kappa shape index (κ2) is 7.56. The van der Waals surface area contributed by atoms with Crippen molar-refractivity contribution in [2.24, 2.45) is 0 Å². The molecule has 0 aliphatic heterocycles. The Hall–Kier alpha value is -2.40. The number of benzene rings is 1. The third-order valence-corrected chi connectivity index (χ3v) is 3.53. The second-order valence-electron chi connectivity index (χ2n) is 5.11. The Kier molecular flexibility index (Phi) is 5.49. The van der Waals surface area contributed by atoms with E-state index in [1.807, 2.05) is 37.4 Å². The summed E-state index contributed by atoms with van der Waals surface area (Å²) in [5.41, 5.74) is 3.48. The van der Waals surface area contributed by atoms with Crippen molar-refractivity contribution in [1.82, 2.24) is 10.3 Å². The third kappa shape index (κ3) is 3.83. The topological polar surface area (TPSA) is 74.2 Å². The number of amides is 1. The van der Waals surface area contributed by atoms with Crippen LogP contribution in [0.2, 0.25) is 0 Å². The van der Waals surface area contributed by atoms with Gasteiger partial charge in [-0.25, -0.2) is 0 Å². The van der Waals surface area contributed by atoms with E-state index < -0.39 is 0 Å². The molecule has 2 rings (SSSR count). The van der Waals surface area contributed by atoms with Crippen LogP contribution in [-0.2, 0) is 0 Å². The number of nitrogens with one attached hydrogen (secondary N) is 2. The van der Waals surface area contributed by atoms with E-state index in [2.05, 4.69) is 22.5 Å². The highest BCUT2D eigenvalue weighted by molar-refractivity contribution is 5.97. The number of hydrogen-bond acceptors (Lipinski definition) is 4. The fourth-order valence-corrected chi connectivity index (χ4v) is 2.25. The van der Waals surface area contributed by atoms with Crippen LogP contribution in [0.25, 0.3) is 0 Å². The van der Waals surface area contributed by atoms with Crippen LogP contribution in [0.4, 0.5) is 5.69 Å². The van der Waals surface area contributed by atoms with Gasteiger partial charge < -0.3 is 15.7 Å². The van der Waals surface area contributed by atoms with Gasteiger partial charge in [0.25, 0.3) is 5.91 Å². The van der Waals surface area contributed by atoms with Crippen LogP contribution in [-0.4, -0.2) is 29.1 Å². The van der Waals surface area contributed by atoms with Gasteiger partial charge in [0.2, 0.25) is 0 Å². The lowest BCUT2D eigenvalue weighted by Gasteiger charge is -2.18. The van der Waals surface area contributed by atoms with Gasteiger partial charge >= 0.3 is 0 Å². The Bertz CT molecular complexity index is 629. The Morgan fingerprint density at radius 1 is 1.32 bits per heavy atom. The first-order chi connectivity index (χ1) is 10.6. The molecule has 5 nitrogen and oxygen atoms in total.